The number of methoxy groups -OCH3 is 1. The second-order valence-corrected chi connectivity index (χ2v) is 6.74. The summed E-state index contributed by atoms with van der Waals surface area (Å²) in [5, 5.41) is 1.11. The molecule has 114 valence electrons. The molecule has 1 saturated heterocycles. The molecule has 3 heterocycles. The molecule has 5 nitrogen and oxygen atoms in total. The van der Waals surface area contributed by atoms with E-state index >= 15 is 0 Å². The largest absolute Gasteiger partial charge is 0.497 e. The van der Waals surface area contributed by atoms with Gasteiger partial charge in [0.15, 0.2) is 5.13 Å². The average molecular weight is 314 g/mol. The number of benzene rings is 1. The Hall–Kier alpha value is -2.08. The number of aromatic nitrogens is 3. The molecule has 0 N–H and O–H groups in total. The summed E-state index contributed by atoms with van der Waals surface area (Å²) >= 11 is 1.74. The highest BCUT2D eigenvalue weighted by Crippen LogP contribution is 2.34. The topological polar surface area (TPSA) is 43.2 Å². The fraction of sp³-hybridized carbons (Fsp3) is 0.375. The summed E-state index contributed by atoms with van der Waals surface area (Å²) in [5.41, 5.74) is 1.05. The lowest BCUT2D eigenvalue weighted by atomic mass is 10.0. The lowest BCUT2D eigenvalue weighted by Gasteiger charge is -2.39. The maximum absolute atomic E-state index is 5.28. The first-order valence-electron chi connectivity index (χ1n) is 7.40. The lowest BCUT2D eigenvalue weighted by Crippen LogP contribution is -2.48. The van der Waals surface area contributed by atoms with Gasteiger partial charge in [0.2, 0.25) is 0 Å². The third kappa shape index (κ3) is 2.33. The van der Waals surface area contributed by atoms with Crippen LogP contribution in [0, 0.1) is 12.8 Å². The van der Waals surface area contributed by atoms with Gasteiger partial charge in [-0.05, 0) is 25.1 Å². The van der Waals surface area contributed by atoms with Crippen molar-refractivity contribution in [3.8, 4) is 5.75 Å². The molecule has 0 atom stereocenters. The van der Waals surface area contributed by atoms with Crippen LogP contribution in [-0.4, -0.2) is 34.7 Å². The Morgan fingerprint density at radius 3 is 2.95 bits per heavy atom. The number of imidazole rings is 1. The molecule has 3 aromatic rings. The smallest absolute Gasteiger partial charge is 0.186 e. The number of rotatable bonds is 4. The van der Waals surface area contributed by atoms with Gasteiger partial charge in [0, 0.05) is 37.9 Å². The van der Waals surface area contributed by atoms with Gasteiger partial charge in [0.25, 0.3) is 0 Å². The zero-order valence-electron chi connectivity index (χ0n) is 12.7. The third-order valence-electron chi connectivity index (χ3n) is 4.19. The molecule has 1 aliphatic heterocycles. The van der Waals surface area contributed by atoms with Gasteiger partial charge in [-0.15, -0.1) is 0 Å². The molecule has 0 amide bonds. The maximum atomic E-state index is 5.28. The van der Waals surface area contributed by atoms with Crippen molar-refractivity contribution in [1.82, 2.24) is 14.5 Å². The average Bonchev–Trinajstić information content (AvgIpc) is 3.07. The van der Waals surface area contributed by atoms with Crippen LogP contribution >= 0.6 is 11.3 Å². The van der Waals surface area contributed by atoms with E-state index in [-0.39, 0.29) is 0 Å². The fourth-order valence-corrected chi connectivity index (χ4v) is 3.88. The number of anilines is 1. The minimum atomic E-state index is 0.675. The van der Waals surface area contributed by atoms with E-state index in [1.807, 2.05) is 18.3 Å². The van der Waals surface area contributed by atoms with Crippen LogP contribution < -0.4 is 9.64 Å². The van der Waals surface area contributed by atoms with E-state index in [0.29, 0.717) is 5.92 Å². The number of ether oxygens (including phenoxy) is 1. The Morgan fingerprint density at radius 1 is 1.36 bits per heavy atom. The second kappa shape index (κ2) is 5.28. The van der Waals surface area contributed by atoms with Crippen molar-refractivity contribution in [2.75, 3.05) is 25.1 Å². The van der Waals surface area contributed by atoms with Gasteiger partial charge in [-0.3, -0.25) is 0 Å². The number of aryl methyl sites for hydroxylation is 1. The molecule has 1 aliphatic rings. The SMILES string of the molecule is COc1ccc2nc(N3CC(Cn4ccnc4C)C3)sc2c1. The molecular weight excluding hydrogens is 296 g/mol. The minimum Gasteiger partial charge on any atom is -0.497 e. The van der Waals surface area contributed by atoms with Crippen molar-refractivity contribution in [2.45, 2.75) is 13.5 Å². The molecular formula is C16H18N4OS. The van der Waals surface area contributed by atoms with Crippen molar-refractivity contribution >= 4 is 26.7 Å². The van der Waals surface area contributed by atoms with Gasteiger partial charge in [-0.1, -0.05) is 11.3 Å². The summed E-state index contributed by atoms with van der Waals surface area (Å²) in [6.45, 7) is 5.22. The van der Waals surface area contributed by atoms with Gasteiger partial charge in [-0.25, -0.2) is 9.97 Å². The molecule has 1 fully saturated rings. The predicted octanol–water partition coefficient (Wildman–Crippen LogP) is 2.95. The van der Waals surface area contributed by atoms with Crippen molar-refractivity contribution in [3.63, 3.8) is 0 Å². The van der Waals surface area contributed by atoms with Crippen molar-refractivity contribution in [2.24, 2.45) is 5.92 Å². The molecule has 0 aliphatic carbocycles. The third-order valence-corrected chi connectivity index (χ3v) is 5.27. The van der Waals surface area contributed by atoms with Crippen LogP contribution in [0.2, 0.25) is 0 Å². The van der Waals surface area contributed by atoms with E-state index in [0.717, 1.165) is 41.9 Å². The van der Waals surface area contributed by atoms with Crippen LogP contribution in [0.3, 0.4) is 0 Å². The molecule has 1 aromatic carbocycles. The highest BCUT2D eigenvalue weighted by molar-refractivity contribution is 7.22. The van der Waals surface area contributed by atoms with Crippen molar-refractivity contribution < 1.29 is 4.74 Å². The number of hydrogen-bond donors (Lipinski definition) is 0. The van der Waals surface area contributed by atoms with E-state index in [1.165, 1.54) is 4.70 Å². The highest BCUT2D eigenvalue weighted by atomic mass is 32.1. The number of fused-ring (bicyclic) bond motifs is 1. The zero-order valence-corrected chi connectivity index (χ0v) is 13.5. The number of hydrogen-bond acceptors (Lipinski definition) is 5. The van der Waals surface area contributed by atoms with E-state index in [2.05, 4.69) is 33.6 Å². The zero-order chi connectivity index (χ0) is 15.1. The molecule has 0 radical (unpaired) electrons. The van der Waals surface area contributed by atoms with Gasteiger partial charge in [0.05, 0.1) is 17.3 Å². The maximum Gasteiger partial charge on any atom is 0.186 e. The Labute approximate surface area is 133 Å². The summed E-state index contributed by atoms with van der Waals surface area (Å²) in [4.78, 5) is 11.4. The quantitative estimate of drug-likeness (QED) is 0.742. The first-order chi connectivity index (χ1) is 10.7. The van der Waals surface area contributed by atoms with Gasteiger partial charge < -0.3 is 14.2 Å². The van der Waals surface area contributed by atoms with Crippen LogP contribution in [0.25, 0.3) is 10.2 Å². The van der Waals surface area contributed by atoms with Gasteiger partial charge in [-0.2, -0.15) is 0 Å². The molecule has 0 saturated carbocycles. The van der Waals surface area contributed by atoms with Crippen LogP contribution in [-0.2, 0) is 6.54 Å². The first kappa shape index (κ1) is 13.6. The highest BCUT2D eigenvalue weighted by Gasteiger charge is 2.29. The standard InChI is InChI=1S/C16H18N4OS/c1-11-17-5-6-19(11)8-12-9-20(10-12)16-18-14-4-3-13(21-2)7-15(14)22-16/h3-7,12H,8-10H2,1-2H3. The van der Waals surface area contributed by atoms with Crippen LogP contribution in [0.5, 0.6) is 5.75 Å². The molecule has 0 unspecified atom stereocenters. The molecule has 6 heteroatoms. The monoisotopic (exact) mass is 314 g/mol. The van der Waals surface area contributed by atoms with E-state index in [4.69, 9.17) is 9.72 Å². The Morgan fingerprint density at radius 2 is 2.23 bits per heavy atom. The molecule has 22 heavy (non-hydrogen) atoms. The van der Waals surface area contributed by atoms with E-state index in [9.17, 15) is 0 Å². The number of nitrogens with zero attached hydrogens (tertiary/aromatic N) is 4. The minimum absolute atomic E-state index is 0.675. The molecule has 0 bridgehead atoms. The van der Waals surface area contributed by atoms with Gasteiger partial charge >= 0.3 is 0 Å². The van der Waals surface area contributed by atoms with Crippen LogP contribution in [0.15, 0.2) is 30.6 Å². The second-order valence-electron chi connectivity index (χ2n) is 5.73. The fourth-order valence-electron chi connectivity index (χ4n) is 2.87. The predicted molar refractivity (Wildman–Crippen MR) is 88.8 cm³/mol. The Kier molecular flexibility index (Phi) is 3.26. The Bertz CT molecular complexity index is 803. The lowest BCUT2D eigenvalue weighted by molar-refractivity contribution is 0.354. The van der Waals surface area contributed by atoms with Crippen LogP contribution in [0.4, 0.5) is 5.13 Å². The molecule has 2 aromatic heterocycles. The normalized spacial score (nSPS) is 15.3. The number of thiazole rings is 1. The van der Waals surface area contributed by atoms with E-state index < -0.39 is 0 Å². The van der Waals surface area contributed by atoms with E-state index in [1.54, 1.807) is 18.4 Å². The summed E-state index contributed by atoms with van der Waals surface area (Å²) in [6.07, 6.45) is 3.93. The molecule has 0 spiro atoms. The molecule has 4 rings (SSSR count). The van der Waals surface area contributed by atoms with Crippen molar-refractivity contribution in [3.05, 3.63) is 36.4 Å². The summed E-state index contributed by atoms with van der Waals surface area (Å²) < 4.78 is 8.69. The van der Waals surface area contributed by atoms with Crippen LogP contribution in [0.1, 0.15) is 5.82 Å². The Balaban J connectivity index is 1.45. The first-order valence-corrected chi connectivity index (χ1v) is 8.22. The van der Waals surface area contributed by atoms with Crippen molar-refractivity contribution in [1.29, 1.82) is 0 Å². The summed E-state index contributed by atoms with van der Waals surface area (Å²) in [5.74, 6) is 2.65. The van der Waals surface area contributed by atoms with Gasteiger partial charge in [0.1, 0.15) is 11.6 Å². The summed E-state index contributed by atoms with van der Waals surface area (Å²) in [7, 11) is 1.70. The summed E-state index contributed by atoms with van der Waals surface area (Å²) in [6, 6.07) is 6.05.